The second-order valence-electron chi connectivity index (χ2n) is 2.38. The normalized spacial score (nSPS) is 11.6. The van der Waals surface area contributed by atoms with Gasteiger partial charge in [-0.3, -0.25) is 0 Å². The van der Waals surface area contributed by atoms with Gasteiger partial charge in [-0.05, 0) is 31.6 Å². The Labute approximate surface area is 71.9 Å². The van der Waals surface area contributed by atoms with E-state index in [0.29, 0.717) is 0 Å². The van der Waals surface area contributed by atoms with Crippen molar-refractivity contribution >= 4 is 23.0 Å². The maximum atomic E-state index is 3.72. The molecule has 0 aliphatic heterocycles. The van der Waals surface area contributed by atoms with E-state index in [1.54, 1.807) is 11.3 Å². The van der Waals surface area contributed by atoms with Crippen molar-refractivity contribution in [2.24, 2.45) is 0 Å². The van der Waals surface area contributed by atoms with Gasteiger partial charge in [-0.15, -0.1) is 11.3 Å². The largest absolute Gasteiger partial charge is 0.136 e. The highest BCUT2D eigenvalue weighted by Gasteiger charge is 1.96. The Bertz CT molecular complexity index is 279. The minimum atomic E-state index is 1.24. The monoisotopic (exact) mass is 164 g/mol. The molecular formula is C10H12S. The summed E-state index contributed by atoms with van der Waals surface area (Å²) >= 11 is 1.78. The number of thiophene rings is 1. The molecule has 0 unspecified atom stereocenters. The molecule has 0 bridgehead atoms. The molecular weight excluding hydrogens is 152 g/mol. The van der Waals surface area contributed by atoms with Gasteiger partial charge >= 0.3 is 0 Å². The predicted octanol–water partition coefficient (Wildman–Crippen LogP) is 3.81. The Morgan fingerprint density at radius 1 is 1.55 bits per heavy atom. The molecule has 0 radical (unpaired) electrons. The summed E-state index contributed by atoms with van der Waals surface area (Å²) in [5.41, 5.74) is 1.34. The second kappa shape index (κ2) is 3.54. The van der Waals surface area contributed by atoms with Gasteiger partial charge in [-0.2, -0.15) is 0 Å². The van der Waals surface area contributed by atoms with E-state index in [4.69, 9.17) is 0 Å². The Kier molecular flexibility index (Phi) is 2.66. The van der Waals surface area contributed by atoms with Crippen LogP contribution in [0.3, 0.4) is 0 Å². The molecule has 0 aromatic carbocycles. The van der Waals surface area contributed by atoms with E-state index in [2.05, 4.69) is 38.6 Å². The Balaban J connectivity index is 2.97. The SMILES string of the molecule is C=Cc1ccc(/C(C)=C\C)s1. The van der Waals surface area contributed by atoms with Gasteiger partial charge in [-0.25, -0.2) is 0 Å². The molecule has 1 rings (SSSR count). The molecule has 0 saturated carbocycles. The van der Waals surface area contributed by atoms with E-state index in [1.165, 1.54) is 15.3 Å². The molecule has 0 aliphatic carbocycles. The average Bonchev–Trinajstić information content (AvgIpc) is 2.50. The third kappa shape index (κ3) is 1.81. The smallest absolute Gasteiger partial charge is 0.0302 e. The molecule has 1 heteroatoms. The van der Waals surface area contributed by atoms with Gasteiger partial charge in [0.2, 0.25) is 0 Å². The Hall–Kier alpha value is -0.820. The van der Waals surface area contributed by atoms with Crippen LogP contribution in [0.5, 0.6) is 0 Å². The summed E-state index contributed by atoms with van der Waals surface area (Å²) in [6, 6.07) is 4.23. The van der Waals surface area contributed by atoms with Gasteiger partial charge in [0.25, 0.3) is 0 Å². The lowest BCUT2D eigenvalue weighted by Crippen LogP contribution is -1.66. The summed E-state index contributed by atoms with van der Waals surface area (Å²) in [5, 5.41) is 0. The van der Waals surface area contributed by atoms with E-state index in [1.807, 2.05) is 6.08 Å². The third-order valence-corrected chi connectivity index (χ3v) is 2.87. The lowest BCUT2D eigenvalue weighted by atomic mass is 10.2. The molecule has 1 heterocycles. The van der Waals surface area contributed by atoms with E-state index < -0.39 is 0 Å². The minimum Gasteiger partial charge on any atom is -0.136 e. The lowest BCUT2D eigenvalue weighted by molar-refractivity contribution is 1.64. The molecule has 0 atom stereocenters. The zero-order valence-electron chi connectivity index (χ0n) is 6.92. The zero-order valence-corrected chi connectivity index (χ0v) is 7.74. The van der Waals surface area contributed by atoms with Crippen LogP contribution in [0.2, 0.25) is 0 Å². The topological polar surface area (TPSA) is 0 Å². The molecule has 0 spiro atoms. The van der Waals surface area contributed by atoms with Crippen LogP contribution in [-0.4, -0.2) is 0 Å². The molecule has 0 amide bonds. The first kappa shape index (κ1) is 8.28. The van der Waals surface area contributed by atoms with Gasteiger partial charge in [0.1, 0.15) is 0 Å². The van der Waals surface area contributed by atoms with Crippen LogP contribution in [0.1, 0.15) is 23.6 Å². The summed E-state index contributed by atoms with van der Waals surface area (Å²) in [7, 11) is 0. The van der Waals surface area contributed by atoms with Gasteiger partial charge in [0.15, 0.2) is 0 Å². The van der Waals surface area contributed by atoms with Crippen LogP contribution < -0.4 is 0 Å². The molecule has 1 aromatic heterocycles. The molecule has 0 fully saturated rings. The van der Waals surface area contributed by atoms with Crippen molar-refractivity contribution in [1.82, 2.24) is 0 Å². The summed E-state index contributed by atoms with van der Waals surface area (Å²) in [6.07, 6.45) is 4.01. The van der Waals surface area contributed by atoms with Gasteiger partial charge < -0.3 is 0 Å². The fourth-order valence-electron chi connectivity index (χ4n) is 0.817. The summed E-state index contributed by atoms with van der Waals surface area (Å²) in [6.45, 7) is 7.90. The summed E-state index contributed by atoms with van der Waals surface area (Å²) in [5.74, 6) is 0. The molecule has 11 heavy (non-hydrogen) atoms. The summed E-state index contributed by atoms with van der Waals surface area (Å²) in [4.78, 5) is 2.57. The third-order valence-electron chi connectivity index (χ3n) is 1.65. The Morgan fingerprint density at radius 3 is 2.73 bits per heavy atom. The van der Waals surface area contributed by atoms with Crippen molar-refractivity contribution < 1.29 is 0 Å². The number of allylic oxidation sites excluding steroid dienone is 2. The maximum Gasteiger partial charge on any atom is 0.0302 e. The quantitative estimate of drug-likeness (QED) is 0.623. The second-order valence-corrected chi connectivity index (χ2v) is 3.49. The van der Waals surface area contributed by atoms with Crippen molar-refractivity contribution in [2.75, 3.05) is 0 Å². The standard InChI is InChI=1S/C10H12S/c1-4-8(3)10-7-6-9(5-2)11-10/h4-7H,2H2,1,3H3/b8-4-. The van der Waals surface area contributed by atoms with Crippen LogP contribution in [0.15, 0.2) is 24.8 Å². The van der Waals surface area contributed by atoms with Crippen LogP contribution in [0, 0.1) is 0 Å². The fourth-order valence-corrected chi connectivity index (χ4v) is 1.71. The highest BCUT2D eigenvalue weighted by atomic mass is 32.1. The highest BCUT2D eigenvalue weighted by molar-refractivity contribution is 7.13. The highest BCUT2D eigenvalue weighted by Crippen LogP contribution is 2.24. The van der Waals surface area contributed by atoms with E-state index >= 15 is 0 Å². The molecule has 0 N–H and O–H groups in total. The average molecular weight is 164 g/mol. The first-order valence-electron chi connectivity index (χ1n) is 3.63. The van der Waals surface area contributed by atoms with Crippen molar-refractivity contribution in [3.63, 3.8) is 0 Å². The predicted molar refractivity (Wildman–Crippen MR) is 53.7 cm³/mol. The maximum absolute atomic E-state index is 3.72. The first-order chi connectivity index (χ1) is 5.27. The molecule has 58 valence electrons. The number of hydrogen-bond donors (Lipinski definition) is 0. The van der Waals surface area contributed by atoms with Crippen LogP contribution in [0.4, 0.5) is 0 Å². The molecule has 0 saturated heterocycles. The number of rotatable bonds is 2. The van der Waals surface area contributed by atoms with Crippen LogP contribution in [-0.2, 0) is 0 Å². The molecule has 0 nitrogen and oxygen atoms in total. The van der Waals surface area contributed by atoms with Crippen molar-refractivity contribution in [2.45, 2.75) is 13.8 Å². The Morgan fingerprint density at radius 2 is 2.27 bits per heavy atom. The summed E-state index contributed by atoms with van der Waals surface area (Å²) < 4.78 is 0. The van der Waals surface area contributed by atoms with Gasteiger partial charge in [0, 0.05) is 9.75 Å². The van der Waals surface area contributed by atoms with Crippen molar-refractivity contribution in [3.05, 3.63) is 34.5 Å². The molecule has 1 aromatic rings. The number of hydrogen-bond acceptors (Lipinski definition) is 1. The zero-order chi connectivity index (χ0) is 8.27. The van der Waals surface area contributed by atoms with E-state index in [-0.39, 0.29) is 0 Å². The first-order valence-corrected chi connectivity index (χ1v) is 4.45. The van der Waals surface area contributed by atoms with Crippen molar-refractivity contribution in [3.8, 4) is 0 Å². The van der Waals surface area contributed by atoms with Crippen LogP contribution >= 0.6 is 11.3 Å². The van der Waals surface area contributed by atoms with Gasteiger partial charge in [0.05, 0.1) is 0 Å². The molecule has 0 aliphatic rings. The van der Waals surface area contributed by atoms with Crippen molar-refractivity contribution in [1.29, 1.82) is 0 Å². The lowest BCUT2D eigenvalue weighted by Gasteiger charge is -1.91. The fraction of sp³-hybridized carbons (Fsp3) is 0.200. The van der Waals surface area contributed by atoms with E-state index in [0.717, 1.165) is 0 Å². The van der Waals surface area contributed by atoms with Gasteiger partial charge in [-0.1, -0.05) is 18.7 Å². The van der Waals surface area contributed by atoms with Crippen LogP contribution in [0.25, 0.3) is 11.6 Å². The minimum absolute atomic E-state index is 1.24. The van der Waals surface area contributed by atoms with E-state index in [9.17, 15) is 0 Å².